The van der Waals surface area contributed by atoms with Crippen molar-refractivity contribution < 1.29 is 14.1 Å². The van der Waals surface area contributed by atoms with Gasteiger partial charge in [-0.2, -0.15) is 0 Å². The zero-order valence-corrected chi connectivity index (χ0v) is 11.1. The standard InChI is InChI=1S/C13H16FN3O3/c1-13(4-6-15-7-5-13)12(18)16-11-3-2-9(17(19)20)8-10(11)14/h2-3,8,15H,4-7H2,1H3,(H,16,18). The van der Waals surface area contributed by atoms with Crippen LogP contribution >= 0.6 is 0 Å². The van der Waals surface area contributed by atoms with Gasteiger partial charge in [-0.3, -0.25) is 14.9 Å². The number of nitro groups is 1. The lowest BCUT2D eigenvalue weighted by Gasteiger charge is -2.32. The molecule has 0 radical (unpaired) electrons. The maximum atomic E-state index is 13.7. The van der Waals surface area contributed by atoms with E-state index in [0.29, 0.717) is 12.8 Å². The average molecular weight is 281 g/mol. The molecule has 0 spiro atoms. The number of hydrogen-bond acceptors (Lipinski definition) is 4. The van der Waals surface area contributed by atoms with Gasteiger partial charge in [-0.05, 0) is 32.0 Å². The number of nitrogens with zero attached hydrogens (tertiary/aromatic N) is 1. The summed E-state index contributed by atoms with van der Waals surface area (Å²) in [6.45, 7) is 3.33. The first kappa shape index (κ1) is 14.4. The lowest BCUT2D eigenvalue weighted by atomic mass is 9.80. The number of halogens is 1. The first-order chi connectivity index (χ1) is 9.42. The number of nitro benzene ring substituents is 1. The van der Waals surface area contributed by atoms with Gasteiger partial charge < -0.3 is 10.6 Å². The molecule has 0 unspecified atom stereocenters. The number of anilines is 1. The number of hydrogen-bond donors (Lipinski definition) is 2. The molecule has 0 bridgehead atoms. The fraction of sp³-hybridized carbons (Fsp3) is 0.462. The van der Waals surface area contributed by atoms with Crippen molar-refractivity contribution in [3.63, 3.8) is 0 Å². The third-order valence-electron chi connectivity index (χ3n) is 3.67. The number of carbonyl (C=O) groups excluding carboxylic acids is 1. The molecule has 2 rings (SSSR count). The molecule has 1 aromatic rings. The van der Waals surface area contributed by atoms with E-state index < -0.39 is 16.2 Å². The Morgan fingerprint density at radius 3 is 2.65 bits per heavy atom. The Labute approximate surface area is 115 Å². The van der Waals surface area contributed by atoms with Crippen molar-refractivity contribution in [1.29, 1.82) is 0 Å². The van der Waals surface area contributed by atoms with Crippen molar-refractivity contribution >= 4 is 17.3 Å². The van der Waals surface area contributed by atoms with Crippen LogP contribution < -0.4 is 10.6 Å². The van der Waals surface area contributed by atoms with Gasteiger partial charge in [-0.1, -0.05) is 6.92 Å². The average Bonchev–Trinajstić information content (AvgIpc) is 2.41. The Bertz CT molecular complexity index is 542. The number of nitrogens with one attached hydrogen (secondary N) is 2. The fourth-order valence-electron chi connectivity index (χ4n) is 2.20. The fourth-order valence-corrected chi connectivity index (χ4v) is 2.20. The predicted molar refractivity (Wildman–Crippen MR) is 71.9 cm³/mol. The van der Waals surface area contributed by atoms with E-state index in [1.165, 1.54) is 12.1 Å². The van der Waals surface area contributed by atoms with Crippen LogP contribution in [0.3, 0.4) is 0 Å². The van der Waals surface area contributed by atoms with Crippen molar-refractivity contribution in [1.82, 2.24) is 5.32 Å². The summed E-state index contributed by atoms with van der Waals surface area (Å²) < 4.78 is 13.7. The monoisotopic (exact) mass is 281 g/mol. The summed E-state index contributed by atoms with van der Waals surface area (Å²) in [4.78, 5) is 22.1. The molecule has 1 aromatic carbocycles. The van der Waals surface area contributed by atoms with E-state index in [9.17, 15) is 19.3 Å². The lowest BCUT2D eigenvalue weighted by Crippen LogP contribution is -2.42. The summed E-state index contributed by atoms with van der Waals surface area (Å²) in [6, 6.07) is 3.19. The molecular weight excluding hydrogens is 265 g/mol. The molecule has 1 aliphatic rings. The maximum Gasteiger partial charge on any atom is 0.272 e. The van der Waals surface area contributed by atoms with Gasteiger partial charge in [-0.25, -0.2) is 4.39 Å². The first-order valence-corrected chi connectivity index (χ1v) is 6.38. The molecule has 0 saturated carbocycles. The number of benzene rings is 1. The number of amides is 1. The van der Waals surface area contributed by atoms with Crippen LogP contribution in [0.1, 0.15) is 19.8 Å². The number of rotatable bonds is 3. The Morgan fingerprint density at radius 1 is 1.45 bits per heavy atom. The highest BCUT2D eigenvalue weighted by Gasteiger charge is 2.34. The molecule has 1 heterocycles. The predicted octanol–water partition coefficient (Wildman–Crippen LogP) is 2.06. The molecule has 1 fully saturated rings. The highest BCUT2D eigenvalue weighted by atomic mass is 19.1. The minimum Gasteiger partial charge on any atom is -0.323 e. The second kappa shape index (κ2) is 5.54. The second-order valence-corrected chi connectivity index (χ2v) is 5.19. The van der Waals surface area contributed by atoms with Crippen LogP contribution in [-0.4, -0.2) is 23.9 Å². The SMILES string of the molecule is CC1(C(=O)Nc2ccc([N+](=O)[O-])cc2F)CCNCC1. The van der Waals surface area contributed by atoms with Crippen LogP contribution in [0, 0.1) is 21.3 Å². The topological polar surface area (TPSA) is 84.3 Å². The molecule has 0 atom stereocenters. The molecule has 108 valence electrons. The Hall–Kier alpha value is -2.02. The Kier molecular flexibility index (Phi) is 3.99. The van der Waals surface area contributed by atoms with Crippen molar-refractivity contribution in [2.24, 2.45) is 5.41 Å². The zero-order valence-electron chi connectivity index (χ0n) is 11.1. The van der Waals surface area contributed by atoms with Gasteiger partial charge in [0.25, 0.3) is 5.69 Å². The summed E-state index contributed by atoms with van der Waals surface area (Å²) >= 11 is 0. The van der Waals surface area contributed by atoms with Gasteiger partial charge in [0.15, 0.2) is 5.82 Å². The Morgan fingerprint density at radius 2 is 2.10 bits per heavy atom. The van der Waals surface area contributed by atoms with Gasteiger partial charge in [0.2, 0.25) is 5.91 Å². The van der Waals surface area contributed by atoms with Crippen molar-refractivity contribution in [2.75, 3.05) is 18.4 Å². The maximum absolute atomic E-state index is 13.7. The van der Waals surface area contributed by atoms with Gasteiger partial charge in [-0.15, -0.1) is 0 Å². The van der Waals surface area contributed by atoms with Gasteiger partial charge in [0.1, 0.15) is 0 Å². The summed E-state index contributed by atoms with van der Waals surface area (Å²) in [5.74, 6) is -1.06. The summed E-state index contributed by atoms with van der Waals surface area (Å²) in [6.07, 6.45) is 1.35. The van der Waals surface area contributed by atoms with Gasteiger partial charge in [0.05, 0.1) is 16.7 Å². The molecule has 20 heavy (non-hydrogen) atoms. The summed E-state index contributed by atoms with van der Waals surface area (Å²) in [5, 5.41) is 16.2. The molecule has 0 aromatic heterocycles. The van der Waals surface area contributed by atoms with Crippen molar-refractivity contribution in [3.8, 4) is 0 Å². The van der Waals surface area contributed by atoms with E-state index in [-0.39, 0.29) is 17.3 Å². The quantitative estimate of drug-likeness (QED) is 0.656. The molecule has 1 saturated heterocycles. The molecule has 1 amide bonds. The van der Waals surface area contributed by atoms with Crippen LogP contribution in [0.4, 0.5) is 15.8 Å². The van der Waals surface area contributed by atoms with E-state index >= 15 is 0 Å². The van der Waals surface area contributed by atoms with Crippen molar-refractivity contribution in [3.05, 3.63) is 34.1 Å². The number of non-ortho nitro benzene ring substituents is 1. The minimum atomic E-state index is -0.801. The van der Waals surface area contributed by atoms with Crippen molar-refractivity contribution in [2.45, 2.75) is 19.8 Å². The van der Waals surface area contributed by atoms with Crippen LogP contribution in [0.25, 0.3) is 0 Å². The smallest absolute Gasteiger partial charge is 0.272 e. The van der Waals surface area contributed by atoms with E-state index in [1.54, 1.807) is 0 Å². The van der Waals surface area contributed by atoms with Gasteiger partial charge >= 0.3 is 0 Å². The Balaban J connectivity index is 2.13. The summed E-state index contributed by atoms with van der Waals surface area (Å²) in [7, 11) is 0. The zero-order chi connectivity index (χ0) is 14.8. The highest BCUT2D eigenvalue weighted by Crippen LogP contribution is 2.30. The highest BCUT2D eigenvalue weighted by molar-refractivity contribution is 5.95. The molecule has 2 N–H and O–H groups in total. The first-order valence-electron chi connectivity index (χ1n) is 6.38. The largest absolute Gasteiger partial charge is 0.323 e. The molecule has 0 aliphatic carbocycles. The van der Waals surface area contributed by atoms with Crippen LogP contribution in [0.5, 0.6) is 0 Å². The molecular formula is C13H16FN3O3. The van der Waals surface area contributed by atoms with E-state index in [2.05, 4.69) is 10.6 Å². The normalized spacial score (nSPS) is 17.5. The summed E-state index contributed by atoms with van der Waals surface area (Å²) in [5.41, 5.74) is -0.909. The van der Waals surface area contributed by atoms with E-state index in [0.717, 1.165) is 19.2 Å². The molecule has 1 aliphatic heterocycles. The third kappa shape index (κ3) is 2.93. The number of carbonyl (C=O) groups is 1. The van der Waals surface area contributed by atoms with E-state index in [1.807, 2.05) is 6.92 Å². The number of piperidine rings is 1. The van der Waals surface area contributed by atoms with Crippen LogP contribution in [0.15, 0.2) is 18.2 Å². The van der Waals surface area contributed by atoms with Crippen LogP contribution in [-0.2, 0) is 4.79 Å². The minimum absolute atomic E-state index is 0.0274. The third-order valence-corrected chi connectivity index (χ3v) is 3.67. The van der Waals surface area contributed by atoms with Crippen LogP contribution in [0.2, 0.25) is 0 Å². The lowest BCUT2D eigenvalue weighted by molar-refractivity contribution is -0.385. The van der Waals surface area contributed by atoms with Gasteiger partial charge in [0, 0.05) is 11.5 Å². The molecule has 7 heteroatoms. The molecule has 6 nitrogen and oxygen atoms in total. The van der Waals surface area contributed by atoms with E-state index in [4.69, 9.17) is 0 Å². The second-order valence-electron chi connectivity index (χ2n) is 5.19.